The standard InChI is InChI=1S/C13H11Cl2NO/c1-17-12-8-3-2-6-10(12)16-11-7-4-5-9(14)13(11)15/h2-8,16H,1H3. The summed E-state index contributed by atoms with van der Waals surface area (Å²) in [6.45, 7) is 0. The van der Waals surface area contributed by atoms with Crippen LogP contribution in [0.15, 0.2) is 42.5 Å². The van der Waals surface area contributed by atoms with Crippen LogP contribution in [0.4, 0.5) is 11.4 Å². The zero-order chi connectivity index (χ0) is 12.3. The summed E-state index contributed by atoms with van der Waals surface area (Å²) in [6, 6.07) is 13.1. The summed E-state index contributed by atoms with van der Waals surface area (Å²) >= 11 is 12.1. The van der Waals surface area contributed by atoms with E-state index in [0.29, 0.717) is 10.0 Å². The molecule has 0 heterocycles. The van der Waals surface area contributed by atoms with Gasteiger partial charge in [0.05, 0.1) is 28.5 Å². The molecule has 0 radical (unpaired) electrons. The van der Waals surface area contributed by atoms with Crippen LogP contribution >= 0.6 is 23.2 Å². The van der Waals surface area contributed by atoms with E-state index in [0.717, 1.165) is 17.1 Å². The Bertz CT molecular complexity index is 529. The molecular weight excluding hydrogens is 257 g/mol. The van der Waals surface area contributed by atoms with Gasteiger partial charge in [0.2, 0.25) is 0 Å². The van der Waals surface area contributed by atoms with Gasteiger partial charge in [-0.3, -0.25) is 0 Å². The Morgan fingerprint density at radius 1 is 0.941 bits per heavy atom. The highest BCUT2D eigenvalue weighted by molar-refractivity contribution is 6.43. The fourth-order valence-electron chi connectivity index (χ4n) is 1.49. The van der Waals surface area contributed by atoms with Crippen LogP contribution in [-0.4, -0.2) is 7.11 Å². The van der Waals surface area contributed by atoms with Crippen LogP contribution in [0.5, 0.6) is 5.75 Å². The van der Waals surface area contributed by atoms with Crippen LogP contribution in [-0.2, 0) is 0 Å². The topological polar surface area (TPSA) is 21.3 Å². The number of para-hydroxylation sites is 2. The molecule has 2 aromatic rings. The Labute approximate surface area is 110 Å². The SMILES string of the molecule is COc1ccccc1Nc1cccc(Cl)c1Cl. The Hall–Kier alpha value is -1.38. The van der Waals surface area contributed by atoms with Crippen molar-refractivity contribution in [2.75, 3.05) is 12.4 Å². The Morgan fingerprint density at radius 3 is 2.41 bits per heavy atom. The maximum Gasteiger partial charge on any atom is 0.142 e. The van der Waals surface area contributed by atoms with Gasteiger partial charge in [-0.1, -0.05) is 41.4 Å². The van der Waals surface area contributed by atoms with E-state index in [1.807, 2.05) is 36.4 Å². The average Bonchev–Trinajstić information content (AvgIpc) is 2.35. The molecule has 0 atom stereocenters. The second-order valence-electron chi connectivity index (χ2n) is 3.43. The fourth-order valence-corrected chi connectivity index (χ4v) is 1.84. The molecule has 2 nitrogen and oxygen atoms in total. The van der Waals surface area contributed by atoms with Gasteiger partial charge in [-0.2, -0.15) is 0 Å². The molecule has 0 amide bonds. The minimum atomic E-state index is 0.500. The van der Waals surface area contributed by atoms with Crippen molar-refractivity contribution in [3.8, 4) is 5.75 Å². The van der Waals surface area contributed by atoms with Crippen molar-refractivity contribution in [2.24, 2.45) is 0 Å². The average molecular weight is 268 g/mol. The van der Waals surface area contributed by atoms with Crippen molar-refractivity contribution < 1.29 is 4.74 Å². The molecule has 0 aromatic heterocycles. The molecule has 0 fully saturated rings. The van der Waals surface area contributed by atoms with E-state index in [1.54, 1.807) is 13.2 Å². The number of anilines is 2. The molecule has 0 aliphatic heterocycles. The van der Waals surface area contributed by atoms with Crippen LogP contribution in [0.25, 0.3) is 0 Å². The molecule has 0 unspecified atom stereocenters. The summed E-state index contributed by atoms with van der Waals surface area (Å²) in [5.41, 5.74) is 1.60. The highest BCUT2D eigenvalue weighted by atomic mass is 35.5. The summed E-state index contributed by atoms with van der Waals surface area (Å²) in [6.07, 6.45) is 0. The van der Waals surface area contributed by atoms with Crippen molar-refractivity contribution in [1.29, 1.82) is 0 Å². The van der Waals surface area contributed by atoms with Crippen molar-refractivity contribution in [2.45, 2.75) is 0 Å². The molecule has 2 aromatic carbocycles. The maximum absolute atomic E-state index is 6.10. The third-order valence-corrected chi connectivity index (χ3v) is 3.15. The van der Waals surface area contributed by atoms with Crippen molar-refractivity contribution >= 4 is 34.6 Å². The van der Waals surface area contributed by atoms with Crippen molar-refractivity contribution in [3.05, 3.63) is 52.5 Å². The molecule has 0 bridgehead atoms. The van der Waals surface area contributed by atoms with E-state index in [-0.39, 0.29) is 0 Å². The van der Waals surface area contributed by atoms with Crippen molar-refractivity contribution in [3.63, 3.8) is 0 Å². The highest BCUT2D eigenvalue weighted by Crippen LogP contribution is 2.34. The van der Waals surface area contributed by atoms with Gasteiger partial charge in [0, 0.05) is 0 Å². The minimum absolute atomic E-state index is 0.500. The van der Waals surface area contributed by atoms with Crippen LogP contribution in [0, 0.1) is 0 Å². The number of nitrogens with one attached hydrogen (secondary N) is 1. The fraction of sp³-hybridized carbons (Fsp3) is 0.0769. The zero-order valence-electron chi connectivity index (χ0n) is 9.21. The third kappa shape index (κ3) is 2.65. The zero-order valence-corrected chi connectivity index (χ0v) is 10.7. The van der Waals surface area contributed by atoms with Crippen LogP contribution in [0.2, 0.25) is 10.0 Å². The number of hydrogen-bond donors (Lipinski definition) is 1. The first kappa shape index (κ1) is 12.1. The molecule has 0 aliphatic carbocycles. The van der Waals surface area contributed by atoms with E-state index in [4.69, 9.17) is 27.9 Å². The van der Waals surface area contributed by atoms with Gasteiger partial charge in [-0.15, -0.1) is 0 Å². The number of methoxy groups -OCH3 is 1. The van der Waals surface area contributed by atoms with Gasteiger partial charge < -0.3 is 10.1 Å². The quantitative estimate of drug-likeness (QED) is 0.867. The van der Waals surface area contributed by atoms with Gasteiger partial charge >= 0.3 is 0 Å². The Morgan fingerprint density at radius 2 is 1.65 bits per heavy atom. The number of benzene rings is 2. The van der Waals surface area contributed by atoms with Crippen LogP contribution in [0.3, 0.4) is 0 Å². The van der Waals surface area contributed by atoms with Gasteiger partial charge in [0.25, 0.3) is 0 Å². The molecule has 0 saturated carbocycles. The largest absolute Gasteiger partial charge is 0.495 e. The van der Waals surface area contributed by atoms with Crippen LogP contribution in [0.1, 0.15) is 0 Å². The predicted molar refractivity (Wildman–Crippen MR) is 72.7 cm³/mol. The van der Waals surface area contributed by atoms with Crippen LogP contribution < -0.4 is 10.1 Å². The smallest absolute Gasteiger partial charge is 0.142 e. The molecule has 0 spiro atoms. The summed E-state index contributed by atoms with van der Waals surface area (Å²) < 4.78 is 5.25. The van der Waals surface area contributed by atoms with E-state index < -0.39 is 0 Å². The number of ether oxygens (including phenoxy) is 1. The second-order valence-corrected chi connectivity index (χ2v) is 4.21. The molecule has 4 heteroatoms. The molecular formula is C13H11Cl2NO. The number of halogens is 2. The lowest BCUT2D eigenvalue weighted by atomic mass is 10.2. The van der Waals surface area contributed by atoms with E-state index in [1.165, 1.54) is 0 Å². The summed E-state index contributed by atoms with van der Waals surface area (Å²) in [5.74, 6) is 0.753. The van der Waals surface area contributed by atoms with Crippen molar-refractivity contribution in [1.82, 2.24) is 0 Å². The lowest BCUT2D eigenvalue weighted by Crippen LogP contribution is -1.94. The lowest BCUT2D eigenvalue weighted by molar-refractivity contribution is 0.417. The van der Waals surface area contributed by atoms with E-state index in [2.05, 4.69) is 5.32 Å². The first-order valence-electron chi connectivity index (χ1n) is 5.06. The maximum atomic E-state index is 6.10. The molecule has 2 rings (SSSR count). The molecule has 0 saturated heterocycles. The summed E-state index contributed by atoms with van der Waals surface area (Å²) in [5, 5.41) is 4.21. The summed E-state index contributed by atoms with van der Waals surface area (Å²) in [7, 11) is 1.63. The van der Waals surface area contributed by atoms with E-state index >= 15 is 0 Å². The molecule has 1 N–H and O–H groups in total. The molecule has 17 heavy (non-hydrogen) atoms. The first-order chi connectivity index (χ1) is 8.22. The van der Waals surface area contributed by atoms with Gasteiger partial charge in [-0.25, -0.2) is 0 Å². The second kappa shape index (κ2) is 5.30. The normalized spacial score (nSPS) is 10.1. The first-order valence-corrected chi connectivity index (χ1v) is 5.82. The predicted octanol–water partition coefficient (Wildman–Crippen LogP) is 4.75. The van der Waals surface area contributed by atoms with Gasteiger partial charge in [0.15, 0.2) is 0 Å². The summed E-state index contributed by atoms with van der Waals surface area (Å²) in [4.78, 5) is 0. The van der Waals surface area contributed by atoms with Gasteiger partial charge in [-0.05, 0) is 24.3 Å². The number of hydrogen-bond acceptors (Lipinski definition) is 2. The Kier molecular flexibility index (Phi) is 3.77. The number of rotatable bonds is 3. The third-order valence-electron chi connectivity index (χ3n) is 2.33. The van der Waals surface area contributed by atoms with Gasteiger partial charge in [0.1, 0.15) is 5.75 Å². The monoisotopic (exact) mass is 267 g/mol. The molecule has 88 valence electrons. The molecule has 0 aliphatic rings. The Balaban J connectivity index is 2.35. The highest BCUT2D eigenvalue weighted by Gasteiger charge is 2.07. The minimum Gasteiger partial charge on any atom is -0.495 e. The lowest BCUT2D eigenvalue weighted by Gasteiger charge is -2.12. The van der Waals surface area contributed by atoms with E-state index in [9.17, 15) is 0 Å².